The van der Waals surface area contributed by atoms with Gasteiger partial charge in [0.05, 0.1) is 0 Å². The molecule has 1 aliphatic rings. The number of hydrogen-bond acceptors (Lipinski definition) is 7. The number of halogens is 1. The van der Waals surface area contributed by atoms with Gasteiger partial charge < -0.3 is 0 Å². The van der Waals surface area contributed by atoms with E-state index in [1.807, 2.05) is 4.93 Å². The average molecular weight is 446 g/mol. The van der Waals surface area contributed by atoms with Crippen LogP contribution in [0.5, 0.6) is 0 Å². The monoisotopic (exact) mass is 446 g/mol. The molecule has 3 unspecified atom stereocenters. The maximum absolute atomic E-state index is 11.3. The van der Waals surface area contributed by atoms with Gasteiger partial charge in [0.2, 0.25) is 0 Å². The fraction of sp³-hybridized carbons (Fsp3) is 0.857. The summed E-state index contributed by atoms with van der Waals surface area (Å²) >= 11 is -0.368. The molecule has 1 amide bonds. The predicted molar refractivity (Wildman–Crippen MR) is 76.1 cm³/mol. The van der Waals surface area contributed by atoms with Crippen LogP contribution in [-0.2, 0) is 19.1 Å². The van der Waals surface area contributed by atoms with Crippen LogP contribution in [0, 0.1) is 0 Å². The van der Waals surface area contributed by atoms with Gasteiger partial charge >= 0.3 is 146 Å². The second kappa shape index (κ2) is 10.5. The molecule has 4 N–H and O–H groups in total. The first-order valence-corrected chi connectivity index (χ1v) is 10.7. The Morgan fingerprint density at radius 3 is 2.52 bits per heavy atom. The number of alkyl halides is 1. The van der Waals surface area contributed by atoms with Crippen LogP contribution in [0.15, 0.2) is 0 Å². The zero-order valence-electron chi connectivity index (χ0n) is 13.3. The van der Waals surface area contributed by atoms with Crippen molar-refractivity contribution in [1.82, 2.24) is 5.32 Å². The molecule has 0 aromatic heterocycles. The molecule has 0 aromatic carbocycles. The molecule has 0 saturated carbocycles. The van der Waals surface area contributed by atoms with Gasteiger partial charge in [0.25, 0.3) is 0 Å². The van der Waals surface area contributed by atoms with Crippen LogP contribution in [0.4, 0.5) is 0 Å². The first kappa shape index (κ1) is 20.7. The second-order valence-corrected chi connectivity index (χ2v) is 7.59. The van der Waals surface area contributed by atoms with Gasteiger partial charge in [0.1, 0.15) is 0 Å². The number of aliphatic hydroxyl groups is 3. The molecule has 136 valence electrons. The Hall–Kier alpha value is -0.330. The quantitative estimate of drug-likeness (QED) is 0.122. The van der Waals surface area contributed by atoms with E-state index in [0.29, 0.717) is 23.1 Å². The number of ether oxygens (including phenoxy) is 2. The van der Waals surface area contributed by atoms with Crippen molar-refractivity contribution in [3.8, 4) is 0 Å². The van der Waals surface area contributed by atoms with Gasteiger partial charge in [-0.3, -0.25) is 0 Å². The molecule has 8 nitrogen and oxygen atoms in total. The summed E-state index contributed by atoms with van der Waals surface area (Å²) in [7, 11) is 0. The third-order valence-electron chi connectivity index (χ3n) is 3.51. The fourth-order valence-electron chi connectivity index (χ4n) is 2.27. The maximum atomic E-state index is 11.3. The van der Waals surface area contributed by atoms with Crippen LogP contribution in [0.3, 0.4) is 0 Å². The van der Waals surface area contributed by atoms with Crippen LogP contribution in [0.1, 0.15) is 26.2 Å². The van der Waals surface area contributed by atoms with Crippen LogP contribution < -0.4 is 26.5 Å². The SMILES string of the molecule is C[I-]C(=O)CCCCO[C@@H]1OC(CO)[C@@H](O)C(O)C1NC(C)=O. The summed E-state index contributed by atoms with van der Waals surface area (Å²) in [6.45, 7) is 1.10. The van der Waals surface area contributed by atoms with Crippen molar-refractivity contribution in [2.75, 3.05) is 18.1 Å². The van der Waals surface area contributed by atoms with Crippen molar-refractivity contribution in [2.24, 2.45) is 0 Å². The van der Waals surface area contributed by atoms with E-state index in [-0.39, 0.29) is 27.8 Å². The van der Waals surface area contributed by atoms with Crippen molar-refractivity contribution >= 4 is 9.70 Å². The normalized spacial score (nSPS) is 31.1. The second-order valence-electron chi connectivity index (χ2n) is 5.30. The molecule has 1 aliphatic heterocycles. The topological polar surface area (TPSA) is 125 Å². The molecule has 0 bridgehead atoms. The third-order valence-corrected chi connectivity index (χ3v) is 5.25. The minimum absolute atomic E-state index is 0.289. The zero-order valence-corrected chi connectivity index (χ0v) is 15.4. The molecular weight excluding hydrogens is 421 g/mol. The van der Waals surface area contributed by atoms with Gasteiger partial charge in [-0.1, -0.05) is 0 Å². The number of carbonyl (C=O) groups excluding carboxylic acids is 2. The summed E-state index contributed by atoms with van der Waals surface area (Å²) in [5.74, 6) is -0.390. The summed E-state index contributed by atoms with van der Waals surface area (Å²) < 4.78 is 11.3. The minimum atomic E-state index is -1.32. The molecule has 1 fully saturated rings. The number of carbonyl (C=O) groups is 2. The van der Waals surface area contributed by atoms with E-state index in [4.69, 9.17) is 9.47 Å². The van der Waals surface area contributed by atoms with E-state index in [0.717, 1.165) is 0 Å². The molecule has 9 heteroatoms. The number of hydrogen-bond donors (Lipinski definition) is 4. The first-order chi connectivity index (χ1) is 10.9. The number of unbranched alkanes of at least 4 members (excludes halogenated alkanes) is 1. The van der Waals surface area contributed by atoms with Gasteiger partial charge in [0.15, 0.2) is 0 Å². The Labute approximate surface area is 145 Å². The van der Waals surface area contributed by atoms with Crippen LogP contribution in [0.2, 0.25) is 0 Å². The summed E-state index contributed by atoms with van der Waals surface area (Å²) in [4.78, 5) is 24.4. The van der Waals surface area contributed by atoms with Gasteiger partial charge in [0, 0.05) is 0 Å². The summed E-state index contributed by atoms with van der Waals surface area (Å²) in [5, 5.41) is 31.6. The third kappa shape index (κ3) is 6.59. The van der Waals surface area contributed by atoms with Gasteiger partial charge in [-0.05, 0) is 0 Å². The predicted octanol–water partition coefficient (Wildman–Crippen LogP) is -4.64. The van der Waals surface area contributed by atoms with E-state index >= 15 is 0 Å². The Balaban J connectivity index is 2.53. The van der Waals surface area contributed by atoms with E-state index < -0.39 is 43.2 Å². The molecule has 0 aliphatic carbocycles. The Morgan fingerprint density at radius 1 is 1.26 bits per heavy atom. The van der Waals surface area contributed by atoms with Crippen molar-refractivity contribution < 1.29 is 55.6 Å². The summed E-state index contributed by atoms with van der Waals surface area (Å²) in [5.41, 5.74) is 0. The van der Waals surface area contributed by atoms with Crippen molar-refractivity contribution in [2.45, 2.75) is 56.8 Å². The zero-order chi connectivity index (χ0) is 17.4. The van der Waals surface area contributed by atoms with Crippen molar-refractivity contribution in [3.63, 3.8) is 0 Å². The molecular formula is C14H25INO7-. The molecule has 1 rings (SSSR count). The molecule has 5 atom stereocenters. The molecule has 0 radical (unpaired) electrons. The number of nitrogens with one attached hydrogen (secondary N) is 1. The summed E-state index contributed by atoms with van der Waals surface area (Å²) in [6.07, 6.45) is -2.68. The number of aliphatic hydroxyl groups excluding tert-OH is 3. The Kier molecular flexibility index (Phi) is 9.47. The van der Waals surface area contributed by atoms with Gasteiger partial charge in [-0.15, -0.1) is 0 Å². The number of amides is 1. The van der Waals surface area contributed by atoms with Crippen molar-refractivity contribution in [1.29, 1.82) is 0 Å². The van der Waals surface area contributed by atoms with Crippen LogP contribution in [-0.4, -0.2) is 73.8 Å². The van der Waals surface area contributed by atoms with Crippen molar-refractivity contribution in [3.05, 3.63) is 0 Å². The van der Waals surface area contributed by atoms with Gasteiger partial charge in [-0.2, -0.15) is 0 Å². The summed E-state index contributed by atoms with van der Waals surface area (Å²) in [6, 6.07) is -0.923. The van der Waals surface area contributed by atoms with E-state index in [1.54, 1.807) is 0 Å². The van der Waals surface area contributed by atoms with E-state index in [1.165, 1.54) is 6.92 Å². The fourth-order valence-corrected chi connectivity index (χ4v) is 3.19. The van der Waals surface area contributed by atoms with Crippen LogP contribution in [0.25, 0.3) is 0 Å². The number of rotatable bonds is 9. The van der Waals surface area contributed by atoms with Crippen LogP contribution >= 0.6 is 0 Å². The first-order valence-electron chi connectivity index (χ1n) is 7.44. The van der Waals surface area contributed by atoms with E-state index in [2.05, 4.69) is 5.32 Å². The van der Waals surface area contributed by atoms with Gasteiger partial charge in [-0.25, -0.2) is 0 Å². The molecule has 0 aromatic rings. The van der Waals surface area contributed by atoms with E-state index in [9.17, 15) is 24.9 Å². The average Bonchev–Trinajstić information content (AvgIpc) is 2.52. The molecule has 1 heterocycles. The standard InChI is InChI=1S/C14H25INO7/c1-8(18)16-11-13(21)12(20)9(7-17)23-14(11)22-6-4-3-5-10(19)15-2/h9,11-14,17,20-21H,3-7H2,1-2H3,(H,16,18)/q-1/t9?,11?,12-,13?,14-/m1/s1. The Bertz CT molecular complexity index is 395. The Morgan fingerprint density at radius 2 is 1.96 bits per heavy atom. The molecule has 23 heavy (non-hydrogen) atoms. The molecule has 1 saturated heterocycles. The molecule has 0 spiro atoms.